The highest BCUT2D eigenvalue weighted by atomic mass is 19.3. The molecule has 1 N–H and O–H groups in total. The van der Waals surface area contributed by atoms with Crippen molar-refractivity contribution in [2.45, 2.75) is 37.7 Å². The van der Waals surface area contributed by atoms with Crippen molar-refractivity contribution >= 4 is 6.09 Å². The van der Waals surface area contributed by atoms with Gasteiger partial charge < -0.3 is 9.84 Å². The second kappa shape index (κ2) is 6.61. The van der Waals surface area contributed by atoms with E-state index in [1.165, 1.54) is 24.3 Å². The van der Waals surface area contributed by atoms with Gasteiger partial charge in [0.05, 0.1) is 0 Å². The lowest BCUT2D eigenvalue weighted by Crippen LogP contribution is -2.62. The summed E-state index contributed by atoms with van der Waals surface area (Å²) in [6.07, 6.45) is -10.2. The van der Waals surface area contributed by atoms with Gasteiger partial charge in [-0.3, -0.25) is 4.74 Å². The van der Waals surface area contributed by atoms with Gasteiger partial charge in [-0.15, -0.1) is 0 Å². The van der Waals surface area contributed by atoms with Crippen molar-refractivity contribution in [1.82, 2.24) is 4.90 Å². The Hall–Kier alpha value is -2.03. The summed E-state index contributed by atoms with van der Waals surface area (Å²) >= 11 is 0. The van der Waals surface area contributed by atoms with Gasteiger partial charge in [-0.1, -0.05) is 18.2 Å². The van der Waals surface area contributed by atoms with Gasteiger partial charge >= 0.3 is 24.5 Å². The van der Waals surface area contributed by atoms with Crippen molar-refractivity contribution in [1.29, 1.82) is 0 Å². The number of amides is 1. The molecule has 0 saturated carbocycles. The summed E-state index contributed by atoms with van der Waals surface area (Å²) in [6.45, 7) is -0.165. The van der Waals surface area contributed by atoms with Crippen LogP contribution in [0.15, 0.2) is 30.3 Å². The quantitative estimate of drug-likeness (QED) is 0.657. The van der Waals surface area contributed by atoms with Crippen molar-refractivity contribution in [2.24, 2.45) is 0 Å². The van der Waals surface area contributed by atoms with Crippen molar-refractivity contribution in [3.05, 3.63) is 30.3 Å². The average molecular weight is 337 g/mol. The van der Waals surface area contributed by atoms with Crippen LogP contribution in [0, 0.1) is 0 Å². The second-order valence-corrected chi connectivity index (χ2v) is 4.98. The van der Waals surface area contributed by atoms with Crippen LogP contribution in [0.1, 0.15) is 19.3 Å². The van der Waals surface area contributed by atoms with E-state index in [-0.39, 0.29) is 25.1 Å². The fraction of sp³-hybridized carbons (Fsp3) is 0.500. The smallest absolute Gasteiger partial charge is 0.420 e. The fourth-order valence-corrected chi connectivity index (χ4v) is 2.33. The third kappa shape index (κ3) is 3.84. The van der Waals surface area contributed by atoms with E-state index in [0.29, 0.717) is 11.3 Å². The van der Waals surface area contributed by atoms with Crippen LogP contribution in [0.5, 0.6) is 5.75 Å². The largest absolute Gasteiger partial charge is 0.465 e. The van der Waals surface area contributed by atoms with Gasteiger partial charge in [0.25, 0.3) is 0 Å². The number of piperidine rings is 1. The van der Waals surface area contributed by atoms with Crippen LogP contribution in [-0.2, 0) is 4.74 Å². The molecule has 1 unspecified atom stereocenters. The van der Waals surface area contributed by atoms with E-state index < -0.39 is 24.5 Å². The Kier molecular flexibility index (Phi) is 4.98. The van der Waals surface area contributed by atoms with Gasteiger partial charge in [0, 0.05) is 13.0 Å². The lowest BCUT2D eigenvalue weighted by Gasteiger charge is -2.45. The van der Waals surface area contributed by atoms with E-state index >= 15 is 0 Å². The first kappa shape index (κ1) is 17.3. The molecule has 2 rings (SSSR count). The van der Waals surface area contributed by atoms with Gasteiger partial charge in [0.1, 0.15) is 5.75 Å². The highest BCUT2D eigenvalue weighted by Gasteiger charge is 2.56. The molecule has 5 nitrogen and oxygen atoms in total. The third-order valence-electron chi connectivity index (χ3n) is 3.34. The molecule has 1 amide bonds. The van der Waals surface area contributed by atoms with Gasteiger partial charge in [0.2, 0.25) is 0 Å². The number of para-hydroxylation sites is 1. The van der Waals surface area contributed by atoms with Crippen LogP contribution < -0.4 is 4.74 Å². The van der Waals surface area contributed by atoms with E-state index in [1.807, 2.05) is 0 Å². The van der Waals surface area contributed by atoms with Crippen molar-refractivity contribution in [2.75, 3.05) is 6.54 Å². The normalized spacial score (nSPS) is 22.2. The topological polar surface area (TPSA) is 59.0 Å². The van der Waals surface area contributed by atoms with Crippen molar-refractivity contribution in [3.8, 4) is 5.75 Å². The van der Waals surface area contributed by atoms with Crippen LogP contribution in [0.4, 0.5) is 22.4 Å². The molecule has 0 aliphatic carbocycles. The zero-order valence-corrected chi connectivity index (χ0v) is 11.9. The van der Waals surface area contributed by atoms with Crippen LogP contribution in [0.3, 0.4) is 0 Å². The first-order chi connectivity index (χ1) is 10.8. The maximum absolute atomic E-state index is 13.4. The summed E-state index contributed by atoms with van der Waals surface area (Å²) in [4.78, 5) is 11.8. The molecule has 1 saturated heterocycles. The molecule has 128 valence electrons. The first-order valence-electron chi connectivity index (χ1n) is 6.87. The zero-order valence-electron chi connectivity index (χ0n) is 11.9. The van der Waals surface area contributed by atoms with E-state index in [4.69, 9.17) is 4.74 Å². The number of nitrogens with zero attached hydrogens (tertiary/aromatic N) is 1. The Morgan fingerprint density at radius 1 is 1.26 bits per heavy atom. The number of hydrogen-bond donors (Lipinski definition) is 1. The number of likely N-dealkylation sites (tertiary alicyclic amines) is 1. The molecule has 1 atom stereocenters. The van der Waals surface area contributed by atoms with Crippen LogP contribution in [0.2, 0.25) is 0 Å². The molecule has 0 aromatic heterocycles. The minimum absolute atomic E-state index is 0.0331. The Morgan fingerprint density at radius 2 is 1.91 bits per heavy atom. The molecule has 0 spiro atoms. The lowest BCUT2D eigenvalue weighted by molar-refractivity contribution is -0.415. The average Bonchev–Trinajstić information content (AvgIpc) is 2.47. The van der Waals surface area contributed by atoms with E-state index in [1.54, 1.807) is 6.07 Å². The summed E-state index contributed by atoms with van der Waals surface area (Å²) < 4.78 is 61.5. The van der Waals surface area contributed by atoms with E-state index in [2.05, 4.69) is 4.74 Å². The number of alkyl halides is 4. The van der Waals surface area contributed by atoms with Crippen molar-refractivity contribution < 1.29 is 36.9 Å². The Bertz CT molecular complexity index is 543. The molecule has 0 bridgehead atoms. The minimum Gasteiger partial charge on any atom is -0.465 e. The molecular formula is C14H15F4NO4. The molecule has 1 aromatic rings. The molecule has 1 heterocycles. The monoisotopic (exact) mass is 337 g/mol. The second-order valence-electron chi connectivity index (χ2n) is 4.98. The Morgan fingerprint density at radius 3 is 2.48 bits per heavy atom. The number of hydrogen-bond acceptors (Lipinski definition) is 3. The molecular weight excluding hydrogens is 322 g/mol. The summed E-state index contributed by atoms with van der Waals surface area (Å²) in [7, 11) is 0. The number of carbonyl (C=O) groups is 1. The third-order valence-corrected chi connectivity index (χ3v) is 3.34. The molecule has 9 heteroatoms. The maximum atomic E-state index is 13.4. The predicted molar refractivity (Wildman–Crippen MR) is 70.4 cm³/mol. The molecule has 23 heavy (non-hydrogen) atoms. The van der Waals surface area contributed by atoms with Crippen molar-refractivity contribution in [3.63, 3.8) is 0 Å². The Labute approximate surface area is 129 Å². The highest BCUT2D eigenvalue weighted by Crippen LogP contribution is 2.39. The molecule has 1 fully saturated rings. The summed E-state index contributed by atoms with van der Waals surface area (Å²) in [6, 6.07) is 7.47. The standard InChI is InChI=1S/C14H15F4NO4/c15-11(16)14(17,18)23-13(22-10-6-2-1-3-7-10)8-4-5-9-19(13)12(20)21/h1-3,6-7,11H,4-5,8-9H2,(H,20,21). The molecule has 1 aliphatic rings. The Balaban J connectivity index is 2.38. The maximum Gasteiger partial charge on any atom is 0.420 e. The summed E-state index contributed by atoms with van der Waals surface area (Å²) in [5, 5.41) is 9.22. The van der Waals surface area contributed by atoms with Crippen LogP contribution in [0.25, 0.3) is 0 Å². The SMILES string of the molecule is O=C(O)N1CCCCC1(Oc1ccccc1)OC(F)(F)C(F)F. The van der Waals surface area contributed by atoms with Crippen LogP contribution >= 0.6 is 0 Å². The minimum atomic E-state index is -4.85. The molecule has 0 radical (unpaired) electrons. The number of carboxylic acid groups (broad SMARTS) is 1. The highest BCUT2D eigenvalue weighted by molar-refractivity contribution is 5.65. The summed E-state index contributed by atoms with van der Waals surface area (Å²) in [5.41, 5.74) is 0. The number of benzene rings is 1. The number of rotatable bonds is 5. The zero-order chi connectivity index (χ0) is 17.1. The lowest BCUT2D eigenvalue weighted by atomic mass is 10.1. The molecule has 1 aromatic carbocycles. The van der Waals surface area contributed by atoms with Crippen LogP contribution in [-0.4, -0.2) is 41.1 Å². The van der Waals surface area contributed by atoms with E-state index in [9.17, 15) is 27.5 Å². The van der Waals surface area contributed by atoms with Gasteiger partial charge in [0.15, 0.2) is 0 Å². The first-order valence-corrected chi connectivity index (χ1v) is 6.87. The van der Waals surface area contributed by atoms with Gasteiger partial charge in [-0.05, 0) is 25.0 Å². The van der Waals surface area contributed by atoms with Gasteiger partial charge in [-0.25, -0.2) is 18.5 Å². The number of halogens is 4. The van der Waals surface area contributed by atoms with E-state index in [0.717, 1.165) is 0 Å². The summed E-state index contributed by atoms with van der Waals surface area (Å²) in [5.74, 6) is -2.48. The number of ether oxygens (including phenoxy) is 2. The predicted octanol–water partition coefficient (Wildman–Crippen LogP) is 3.76. The molecule has 1 aliphatic heterocycles. The fourth-order valence-electron chi connectivity index (χ4n) is 2.33. The van der Waals surface area contributed by atoms with Gasteiger partial charge in [-0.2, -0.15) is 8.78 Å².